The van der Waals surface area contributed by atoms with Crippen molar-refractivity contribution < 1.29 is 57.7 Å². The minimum Gasteiger partial charge on any atom is -0.618 e. The number of aromatic nitrogens is 3. The van der Waals surface area contributed by atoms with Gasteiger partial charge in [0.2, 0.25) is 5.52 Å². The van der Waals surface area contributed by atoms with Crippen LogP contribution in [0.4, 0.5) is 0 Å². The number of nitrogens with zero attached hydrogens (tertiary/aromatic N) is 3. The highest BCUT2D eigenvalue weighted by atomic mass is 35.5. The standard InChI is InChI=1S/C28H34ClNO4.C25H26ClNO5.C25H30ClNO3/c1-17-15-22-21(14-9-18(2)30(22)32)25(19-10-12-20(29)13-11-19)24(17)23(34-28(6,7)8)16-33-26(31)27(3,4)5;1-6-31-24(30)18-12-11-17-19(27-18)13-14(2)20(22(23(28)29)32-25(3,4)5)21(17)15-7-9-16(26)10-8-15;1-6-29-15-19-11-12-20-21(27-19)13-16(2)23(22(14-28)30-25(3,4)5)24(20)17-7-9-18(26)10-8-17/h9-15,23H,16H2,1-8H3;7-13,22H,6H2,1-5H3,(H,28,29);7-13,22,28H,6,14-15H2,1-5H3/t23-;2*22-/m101/s1. The number of fused-ring (bicyclic) bond motifs is 3. The summed E-state index contributed by atoms with van der Waals surface area (Å²) in [6, 6.07) is 39.3. The Kier molecular flexibility index (Phi) is 25.1. The van der Waals surface area contributed by atoms with Gasteiger partial charge in [0.05, 0.1) is 64.2 Å². The Bertz CT molecular complexity index is 4240. The maximum Gasteiger partial charge on any atom is 0.356 e. The van der Waals surface area contributed by atoms with Gasteiger partial charge in [0, 0.05) is 62.6 Å². The Morgan fingerprint density at radius 1 is 0.531 bits per heavy atom. The number of esters is 2. The molecule has 15 nitrogen and oxygen atoms in total. The lowest BCUT2D eigenvalue weighted by atomic mass is 9.88. The average molecular weight is 1370 g/mol. The fourth-order valence-electron chi connectivity index (χ4n) is 11.2. The molecule has 3 aromatic heterocycles. The van der Waals surface area contributed by atoms with E-state index in [4.69, 9.17) is 68.2 Å². The summed E-state index contributed by atoms with van der Waals surface area (Å²) in [7, 11) is 0. The van der Waals surface area contributed by atoms with Gasteiger partial charge in [0.15, 0.2) is 11.8 Å². The molecular formula is C78H90Cl3N3O12. The summed E-state index contributed by atoms with van der Waals surface area (Å²) in [5, 5.41) is 37.6. The maximum absolute atomic E-state index is 12.9. The van der Waals surface area contributed by atoms with Crippen LogP contribution in [0.2, 0.25) is 15.1 Å². The van der Waals surface area contributed by atoms with Crippen molar-refractivity contribution in [1.82, 2.24) is 9.97 Å². The Morgan fingerprint density at radius 2 is 0.969 bits per heavy atom. The number of pyridine rings is 3. The van der Waals surface area contributed by atoms with Crippen molar-refractivity contribution in [3.63, 3.8) is 0 Å². The van der Waals surface area contributed by atoms with E-state index in [1.165, 1.54) is 0 Å². The number of hydrogen-bond acceptors (Lipinski definition) is 13. The van der Waals surface area contributed by atoms with E-state index >= 15 is 0 Å². The topological polar surface area (TPSA) is 200 Å². The second-order valence-electron chi connectivity index (χ2n) is 27.6. The molecule has 0 unspecified atom stereocenters. The van der Waals surface area contributed by atoms with Gasteiger partial charge in [-0.3, -0.25) is 9.78 Å². The number of aliphatic carboxylic acids is 1. The van der Waals surface area contributed by atoms with Gasteiger partial charge in [-0.15, -0.1) is 0 Å². The number of hydrogen-bond donors (Lipinski definition) is 2. The molecule has 9 rings (SSSR count). The van der Waals surface area contributed by atoms with Gasteiger partial charge in [-0.2, -0.15) is 4.73 Å². The molecule has 0 fully saturated rings. The van der Waals surface area contributed by atoms with E-state index in [1.807, 2.05) is 196 Å². The lowest BCUT2D eigenvalue weighted by Crippen LogP contribution is -2.32. The van der Waals surface area contributed by atoms with E-state index in [1.54, 1.807) is 44.2 Å². The molecule has 0 radical (unpaired) electrons. The van der Waals surface area contributed by atoms with Crippen LogP contribution in [0.25, 0.3) is 66.1 Å². The summed E-state index contributed by atoms with van der Waals surface area (Å²) in [5.74, 6) is -1.90. The molecule has 0 amide bonds. The average Bonchev–Trinajstić information content (AvgIpc) is 0.770. The number of halogens is 3. The highest BCUT2D eigenvalue weighted by molar-refractivity contribution is 6.31. The Hall–Kier alpha value is -7.57. The highest BCUT2D eigenvalue weighted by Gasteiger charge is 2.34. The molecule has 3 heterocycles. The zero-order valence-corrected chi connectivity index (χ0v) is 60.6. The van der Waals surface area contributed by atoms with E-state index in [-0.39, 0.29) is 31.5 Å². The van der Waals surface area contributed by atoms with Crippen LogP contribution in [0.1, 0.15) is 171 Å². The lowest BCUT2D eigenvalue weighted by molar-refractivity contribution is -0.584. The first-order valence-corrected chi connectivity index (χ1v) is 33.2. The first-order chi connectivity index (χ1) is 44.9. The third kappa shape index (κ3) is 19.4. The zero-order chi connectivity index (χ0) is 70.9. The molecule has 9 aromatic rings. The molecular weight excluding hydrogens is 1280 g/mol. The van der Waals surface area contributed by atoms with Crippen LogP contribution in [-0.2, 0) is 44.6 Å². The second kappa shape index (κ2) is 31.7. The number of carbonyl (C=O) groups is 3. The van der Waals surface area contributed by atoms with Crippen LogP contribution in [0.3, 0.4) is 0 Å². The van der Waals surface area contributed by atoms with Crippen LogP contribution in [0, 0.1) is 38.3 Å². The highest BCUT2D eigenvalue weighted by Crippen LogP contribution is 2.44. The second-order valence-corrected chi connectivity index (χ2v) is 28.9. The van der Waals surface area contributed by atoms with Crippen molar-refractivity contribution in [1.29, 1.82) is 0 Å². The molecule has 0 aliphatic heterocycles. The number of aliphatic hydroxyl groups is 1. The summed E-state index contributed by atoms with van der Waals surface area (Å²) in [6.45, 7) is 35.4. The molecule has 0 spiro atoms. The van der Waals surface area contributed by atoms with Crippen LogP contribution in [-0.4, -0.2) is 81.3 Å². The fourth-order valence-corrected chi connectivity index (χ4v) is 11.6. The van der Waals surface area contributed by atoms with E-state index in [0.717, 1.165) is 76.8 Å². The number of carboxylic acid groups (broad SMARTS) is 1. The van der Waals surface area contributed by atoms with Gasteiger partial charge in [-0.1, -0.05) is 77.3 Å². The molecule has 0 aliphatic carbocycles. The zero-order valence-electron chi connectivity index (χ0n) is 58.3. The predicted octanol–water partition coefficient (Wildman–Crippen LogP) is 19.1. The van der Waals surface area contributed by atoms with Crippen molar-refractivity contribution in [2.75, 3.05) is 26.4 Å². The molecule has 0 aliphatic rings. The van der Waals surface area contributed by atoms with Crippen LogP contribution in [0.5, 0.6) is 0 Å². The number of aliphatic hydroxyl groups excluding tert-OH is 1. The van der Waals surface area contributed by atoms with E-state index in [0.29, 0.717) is 67.1 Å². The molecule has 6 aromatic carbocycles. The predicted molar refractivity (Wildman–Crippen MR) is 384 cm³/mol. The van der Waals surface area contributed by atoms with E-state index < -0.39 is 52.5 Å². The number of ether oxygens (including phenoxy) is 6. The first-order valence-electron chi connectivity index (χ1n) is 32.0. The summed E-state index contributed by atoms with van der Waals surface area (Å²) in [5.41, 5.74) is 11.8. The minimum atomic E-state index is -1.20. The van der Waals surface area contributed by atoms with Crippen molar-refractivity contribution in [3.8, 4) is 33.4 Å². The molecule has 0 saturated carbocycles. The van der Waals surface area contributed by atoms with Gasteiger partial charge in [0.25, 0.3) is 0 Å². The molecule has 3 atom stereocenters. The molecule has 0 saturated heterocycles. The first kappa shape index (κ1) is 75.8. The Balaban J connectivity index is 0.000000204. The molecule has 2 N–H and O–H groups in total. The summed E-state index contributed by atoms with van der Waals surface area (Å²) in [4.78, 5) is 46.4. The normalized spacial score (nSPS) is 12.9. The molecule has 510 valence electrons. The number of rotatable bonds is 18. The van der Waals surface area contributed by atoms with Gasteiger partial charge in [-0.05, 0) is 246 Å². The fraction of sp³-hybridized carbons (Fsp3) is 0.385. The van der Waals surface area contributed by atoms with Crippen molar-refractivity contribution in [2.24, 2.45) is 5.41 Å². The summed E-state index contributed by atoms with van der Waals surface area (Å²) in [6.07, 6.45) is -2.19. The molecule has 96 heavy (non-hydrogen) atoms. The third-order valence-corrected chi connectivity index (χ3v) is 16.0. The van der Waals surface area contributed by atoms with Crippen LogP contribution in [0.15, 0.2) is 127 Å². The minimum absolute atomic E-state index is 0.0591. The van der Waals surface area contributed by atoms with Crippen LogP contribution >= 0.6 is 34.8 Å². The lowest BCUT2D eigenvalue weighted by Gasteiger charge is -2.31. The van der Waals surface area contributed by atoms with Crippen molar-refractivity contribution >= 4 is 85.4 Å². The number of carbonyl (C=O) groups excluding carboxylic acids is 2. The molecule has 0 bridgehead atoms. The van der Waals surface area contributed by atoms with Crippen molar-refractivity contribution in [2.45, 2.75) is 166 Å². The number of benzene rings is 6. The summed E-state index contributed by atoms with van der Waals surface area (Å²) >= 11 is 18.4. The van der Waals surface area contributed by atoms with Gasteiger partial charge >= 0.3 is 17.9 Å². The van der Waals surface area contributed by atoms with Gasteiger partial charge in [-0.25, -0.2) is 14.6 Å². The monoisotopic (exact) mass is 1370 g/mol. The smallest absolute Gasteiger partial charge is 0.356 e. The number of carboxylic acids is 1. The maximum atomic E-state index is 12.9. The Morgan fingerprint density at radius 3 is 1.44 bits per heavy atom. The van der Waals surface area contributed by atoms with Crippen molar-refractivity contribution in [3.05, 3.63) is 198 Å². The quantitative estimate of drug-likeness (QED) is 0.0467. The van der Waals surface area contributed by atoms with Gasteiger partial charge in [0.1, 0.15) is 24.5 Å². The largest absolute Gasteiger partial charge is 0.618 e. The van der Waals surface area contributed by atoms with Crippen LogP contribution < -0.4 is 4.73 Å². The Labute approximate surface area is 579 Å². The number of aryl methyl sites for hydroxylation is 4. The molecule has 18 heteroatoms. The van der Waals surface area contributed by atoms with E-state index in [2.05, 4.69) is 17.1 Å². The van der Waals surface area contributed by atoms with E-state index in [9.17, 15) is 29.8 Å². The van der Waals surface area contributed by atoms with Gasteiger partial charge < -0.3 is 43.8 Å². The summed E-state index contributed by atoms with van der Waals surface area (Å²) < 4.78 is 36.0. The SMILES string of the molecule is CCOC(=O)c1ccc2c(-c3ccc(Cl)cc3)c([C@H](OC(C)(C)C)C(=O)O)c(C)cc2n1.CCOCc1ccc2c(-c3ccc(Cl)cc3)c([C@@H](CO)OC(C)(C)C)c(C)cc2n1.Cc1cc2c(ccc(C)[n+]2[O-])c(-c2ccc(Cl)cc2)c1[C@@H](COC(=O)C(C)(C)C)OC(C)(C)C. The third-order valence-electron chi connectivity index (χ3n) is 15.2.